The minimum atomic E-state index is -3.88. The molecular weight excluding hydrogens is 438 g/mol. The molecule has 0 radical (unpaired) electrons. The fourth-order valence-corrected chi connectivity index (χ4v) is 4.63. The van der Waals surface area contributed by atoms with Crippen molar-refractivity contribution in [2.75, 3.05) is 4.72 Å². The van der Waals surface area contributed by atoms with E-state index in [4.69, 9.17) is 0 Å². The van der Waals surface area contributed by atoms with E-state index in [1.54, 1.807) is 12.1 Å². The topological polar surface area (TPSA) is 102 Å². The van der Waals surface area contributed by atoms with Gasteiger partial charge in [-0.25, -0.2) is 13.4 Å². The van der Waals surface area contributed by atoms with Gasteiger partial charge in [0.25, 0.3) is 10.0 Å². The summed E-state index contributed by atoms with van der Waals surface area (Å²) in [5.41, 5.74) is 0. The molecule has 1 aromatic heterocycles. The number of nitrogens with one attached hydrogen (secondary N) is 1. The summed E-state index contributed by atoms with van der Waals surface area (Å²) in [6.45, 7) is 0. The van der Waals surface area contributed by atoms with Gasteiger partial charge in [-0.3, -0.25) is 14.8 Å². The lowest BCUT2D eigenvalue weighted by Crippen LogP contribution is -2.13. The molecule has 0 saturated heterocycles. The maximum atomic E-state index is 12.2. The fraction of sp³-hybridized carbons (Fsp3) is 0. The molecule has 0 spiro atoms. The van der Waals surface area contributed by atoms with Gasteiger partial charge in [0.15, 0.2) is 0 Å². The molecule has 2 aromatic rings. The molecule has 0 amide bonds. The molecule has 11 heteroatoms. The molecule has 0 saturated carbocycles. The van der Waals surface area contributed by atoms with Crippen LogP contribution in [-0.4, -0.2) is 18.3 Å². The van der Waals surface area contributed by atoms with Crippen molar-refractivity contribution in [1.29, 1.82) is 0 Å². The van der Waals surface area contributed by atoms with Gasteiger partial charge < -0.3 is 0 Å². The maximum Gasteiger partial charge on any atom is 0.345 e. The summed E-state index contributed by atoms with van der Waals surface area (Å²) in [5, 5.41) is 10.2. The van der Waals surface area contributed by atoms with Crippen LogP contribution in [-0.2, 0) is 10.0 Å². The van der Waals surface area contributed by atoms with Crippen LogP contribution in [0.5, 0.6) is 0 Å². The average Bonchev–Trinajstić information content (AvgIpc) is 2.80. The van der Waals surface area contributed by atoms with Gasteiger partial charge in [0.05, 0.1) is 4.92 Å². The number of nitrogens with zero attached hydrogens (tertiary/aromatic N) is 2. The highest BCUT2D eigenvalue weighted by molar-refractivity contribution is 9.11. The Hall–Kier alpha value is -1.04. The van der Waals surface area contributed by atoms with E-state index < -0.39 is 14.9 Å². The van der Waals surface area contributed by atoms with Gasteiger partial charge in [-0.2, -0.15) is 0 Å². The second kappa shape index (κ2) is 5.76. The zero-order chi connectivity index (χ0) is 14.9. The van der Waals surface area contributed by atoms with E-state index in [1.807, 2.05) is 0 Å². The second-order valence-electron chi connectivity index (χ2n) is 3.44. The Balaban J connectivity index is 2.35. The van der Waals surface area contributed by atoms with Crippen molar-refractivity contribution in [3.8, 4) is 0 Å². The number of aromatic nitrogens is 1. The Morgan fingerprint density at radius 1 is 1.35 bits per heavy atom. The Morgan fingerprint density at radius 2 is 2.05 bits per heavy atom. The van der Waals surface area contributed by atoms with Gasteiger partial charge in [0.1, 0.15) is 11.1 Å². The first-order valence-electron chi connectivity index (χ1n) is 4.88. The van der Waals surface area contributed by atoms with Crippen molar-refractivity contribution in [3.05, 3.63) is 43.5 Å². The van der Waals surface area contributed by atoms with Crippen LogP contribution in [0.25, 0.3) is 0 Å². The molecule has 106 valence electrons. The van der Waals surface area contributed by atoms with Crippen molar-refractivity contribution < 1.29 is 13.3 Å². The van der Waals surface area contributed by atoms with Crippen LogP contribution in [0.2, 0.25) is 0 Å². The first-order valence-corrected chi connectivity index (χ1v) is 8.76. The van der Waals surface area contributed by atoms with Gasteiger partial charge in [-0.1, -0.05) is 15.9 Å². The predicted octanol–water partition coefficient (Wildman–Crippen LogP) is 3.38. The van der Waals surface area contributed by atoms with Gasteiger partial charge in [0.2, 0.25) is 5.13 Å². The molecule has 0 fully saturated rings. The van der Waals surface area contributed by atoms with Crippen LogP contribution < -0.4 is 4.72 Å². The van der Waals surface area contributed by atoms with Crippen molar-refractivity contribution in [3.63, 3.8) is 0 Å². The Kier molecular flexibility index (Phi) is 4.42. The molecule has 1 aromatic carbocycles. The molecule has 0 unspecified atom stereocenters. The van der Waals surface area contributed by atoms with Crippen molar-refractivity contribution in [2.45, 2.75) is 4.90 Å². The number of benzene rings is 1. The molecule has 0 bridgehead atoms. The third kappa shape index (κ3) is 3.34. The van der Waals surface area contributed by atoms with Crippen LogP contribution in [0, 0.1) is 10.1 Å². The van der Waals surface area contributed by atoms with Crippen LogP contribution in [0.1, 0.15) is 0 Å². The number of hydrogen-bond acceptors (Lipinski definition) is 6. The highest BCUT2D eigenvalue weighted by Crippen LogP contribution is 2.30. The van der Waals surface area contributed by atoms with E-state index in [0.717, 1.165) is 6.20 Å². The van der Waals surface area contributed by atoms with Gasteiger partial charge in [-0.05, 0) is 45.5 Å². The minimum Gasteiger partial charge on any atom is -0.257 e. The number of anilines is 1. The van der Waals surface area contributed by atoms with Gasteiger partial charge in [0, 0.05) is 8.95 Å². The Morgan fingerprint density at radius 3 is 2.65 bits per heavy atom. The fourth-order valence-electron chi connectivity index (χ4n) is 1.25. The van der Waals surface area contributed by atoms with E-state index in [1.165, 1.54) is 6.07 Å². The van der Waals surface area contributed by atoms with E-state index in [-0.39, 0.29) is 15.0 Å². The number of hydrogen-bond donors (Lipinski definition) is 1. The van der Waals surface area contributed by atoms with E-state index in [9.17, 15) is 18.5 Å². The normalized spacial score (nSPS) is 11.3. The third-order valence-corrected chi connectivity index (χ3v) is 5.90. The molecule has 2 rings (SSSR count). The number of nitro groups is 1. The zero-order valence-electron chi connectivity index (χ0n) is 9.41. The predicted molar refractivity (Wildman–Crippen MR) is 81.4 cm³/mol. The third-order valence-electron chi connectivity index (χ3n) is 2.08. The summed E-state index contributed by atoms with van der Waals surface area (Å²) in [6, 6.07) is 4.66. The molecule has 0 atom stereocenters. The summed E-state index contributed by atoms with van der Waals surface area (Å²) in [7, 11) is -3.88. The molecule has 20 heavy (non-hydrogen) atoms. The molecule has 0 aliphatic carbocycles. The maximum absolute atomic E-state index is 12.2. The molecule has 1 N–H and O–H groups in total. The molecule has 0 aliphatic heterocycles. The lowest BCUT2D eigenvalue weighted by Gasteiger charge is -2.07. The summed E-state index contributed by atoms with van der Waals surface area (Å²) >= 11 is 6.97. The van der Waals surface area contributed by atoms with E-state index >= 15 is 0 Å². The standard InChI is InChI=1S/C9H5Br2N3O4S2/c10-5-1-2-6(11)7(3-5)20(17,18)13-9-12-4-8(19-9)14(15)16/h1-4H,(H,12,13). The minimum absolute atomic E-state index is 0.00438. The van der Waals surface area contributed by atoms with Crippen LogP contribution in [0.3, 0.4) is 0 Å². The molecule has 0 aliphatic rings. The Labute approximate surface area is 134 Å². The van der Waals surface area contributed by atoms with Gasteiger partial charge >= 0.3 is 5.00 Å². The van der Waals surface area contributed by atoms with Crippen molar-refractivity contribution >= 4 is 63.4 Å². The molecular formula is C9H5Br2N3O4S2. The Bertz CT molecular complexity index is 775. The lowest BCUT2D eigenvalue weighted by atomic mass is 10.4. The van der Waals surface area contributed by atoms with E-state index in [0.29, 0.717) is 20.3 Å². The van der Waals surface area contributed by atoms with Gasteiger partial charge in [-0.15, -0.1) is 0 Å². The summed E-state index contributed by atoms with van der Waals surface area (Å²) < 4.78 is 27.5. The zero-order valence-corrected chi connectivity index (χ0v) is 14.2. The first-order chi connectivity index (χ1) is 9.29. The largest absolute Gasteiger partial charge is 0.345 e. The average molecular weight is 443 g/mol. The molecule has 7 nitrogen and oxygen atoms in total. The molecule has 1 heterocycles. The monoisotopic (exact) mass is 441 g/mol. The summed E-state index contributed by atoms with van der Waals surface area (Å²) in [5.74, 6) is 0. The quantitative estimate of drug-likeness (QED) is 0.577. The van der Waals surface area contributed by atoms with Crippen molar-refractivity contribution in [1.82, 2.24) is 4.98 Å². The van der Waals surface area contributed by atoms with Crippen LogP contribution >= 0.6 is 43.2 Å². The lowest BCUT2D eigenvalue weighted by molar-refractivity contribution is -0.380. The highest BCUT2D eigenvalue weighted by atomic mass is 79.9. The van der Waals surface area contributed by atoms with Crippen LogP contribution in [0.4, 0.5) is 10.1 Å². The van der Waals surface area contributed by atoms with E-state index in [2.05, 4.69) is 41.6 Å². The summed E-state index contributed by atoms with van der Waals surface area (Å²) in [6.07, 6.45) is 0.998. The first kappa shape index (κ1) is 15.4. The van der Waals surface area contributed by atoms with Crippen LogP contribution in [0.15, 0.2) is 38.2 Å². The number of rotatable bonds is 4. The number of sulfonamides is 1. The summed E-state index contributed by atoms with van der Waals surface area (Å²) in [4.78, 5) is 13.6. The number of halogens is 2. The smallest absolute Gasteiger partial charge is 0.257 e. The SMILES string of the molecule is O=[N+]([O-])c1cnc(NS(=O)(=O)c2cc(Br)ccc2Br)s1. The van der Waals surface area contributed by atoms with Crippen molar-refractivity contribution in [2.24, 2.45) is 0 Å². The second-order valence-corrected chi connectivity index (χ2v) is 7.87. The number of thiazole rings is 1. The highest BCUT2D eigenvalue weighted by Gasteiger charge is 2.21.